The van der Waals surface area contributed by atoms with E-state index in [-0.39, 0.29) is 0 Å². The predicted molar refractivity (Wildman–Crippen MR) is 78.4 cm³/mol. The zero-order chi connectivity index (χ0) is 12.9. The van der Waals surface area contributed by atoms with Crippen molar-refractivity contribution < 1.29 is 4.74 Å². The van der Waals surface area contributed by atoms with Gasteiger partial charge in [-0.2, -0.15) is 0 Å². The van der Waals surface area contributed by atoms with Crippen LogP contribution in [0.1, 0.15) is 12.8 Å². The van der Waals surface area contributed by atoms with Gasteiger partial charge in [-0.05, 0) is 36.1 Å². The van der Waals surface area contributed by atoms with Crippen LogP contribution in [0, 0.1) is 0 Å². The number of hydrogen-bond donors (Lipinski definition) is 1. The van der Waals surface area contributed by atoms with Crippen molar-refractivity contribution >= 4 is 0 Å². The fourth-order valence-electron chi connectivity index (χ4n) is 2.09. The van der Waals surface area contributed by atoms with Crippen LogP contribution in [-0.2, 0) is 0 Å². The van der Waals surface area contributed by atoms with Crippen molar-refractivity contribution in [3.05, 3.63) is 54.6 Å². The molecule has 0 spiro atoms. The maximum Gasteiger partial charge on any atom is 0.119 e. The van der Waals surface area contributed by atoms with Crippen LogP contribution in [0.15, 0.2) is 54.6 Å². The zero-order valence-electron chi connectivity index (χ0n) is 11.0. The Hall–Kier alpha value is -1.80. The van der Waals surface area contributed by atoms with Gasteiger partial charge >= 0.3 is 0 Å². The second kappa shape index (κ2) is 5.89. The van der Waals surface area contributed by atoms with Crippen molar-refractivity contribution in [3.63, 3.8) is 0 Å². The maximum atomic E-state index is 5.71. The first-order chi connectivity index (χ1) is 9.42. The van der Waals surface area contributed by atoms with E-state index in [0.717, 1.165) is 24.9 Å². The molecule has 0 aliphatic heterocycles. The first-order valence-corrected chi connectivity index (χ1v) is 6.93. The number of ether oxygens (including phenoxy) is 1. The molecule has 1 N–H and O–H groups in total. The summed E-state index contributed by atoms with van der Waals surface area (Å²) in [7, 11) is 0. The fourth-order valence-corrected chi connectivity index (χ4v) is 2.09. The Morgan fingerprint density at radius 3 is 2.26 bits per heavy atom. The smallest absolute Gasteiger partial charge is 0.119 e. The summed E-state index contributed by atoms with van der Waals surface area (Å²) in [5, 5.41) is 3.44. The summed E-state index contributed by atoms with van der Waals surface area (Å²) in [6, 6.07) is 19.5. The van der Waals surface area contributed by atoms with Crippen LogP contribution in [0.2, 0.25) is 0 Å². The first kappa shape index (κ1) is 12.2. The molecule has 0 radical (unpaired) electrons. The van der Waals surface area contributed by atoms with E-state index in [9.17, 15) is 0 Å². The molecule has 0 saturated heterocycles. The largest absolute Gasteiger partial charge is 0.492 e. The molecule has 1 aliphatic rings. The summed E-state index contributed by atoms with van der Waals surface area (Å²) in [6.45, 7) is 1.67. The first-order valence-electron chi connectivity index (χ1n) is 6.93. The molecule has 0 unspecified atom stereocenters. The van der Waals surface area contributed by atoms with Gasteiger partial charge in [-0.15, -0.1) is 0 Å². The quantitative estimate of drug-likeness (QED) is 0.796. The predicted octanol–water partition coefficient (Wildman–Crippen LogP) is 3.48. The summed E-state index contributed by atoms with van der Waals surface area (Å²) < 4.78 is 5.71. The van der Waals surface area contributed by atoms with Gasteiger partial charge in [0.25, 0.3) is 0 Å². The molecule has 2 aromatic rings. The highest BCUT2D eigenvalue weighted by atomic mass is 16.5. The lowest BCUT2D eigenvalue weighted by Gasteiger charge is -2.08. The normalized spacial score (nSPS) is 14.3. The van der Waals surface area contributed by atoms with Crippen molar-refractivity contribution in [2.45, 2.75) is 18.9 Å². The maximum absolute atomic E-state index is 5.71. The van der Waals surface area contributed by atoms with Gasteiger partial charge in [0.1, 0.15) is 12.4 Å². The number of benzene rings is 2. The van der Waals surface area contributed by atoms with Crippen LogP contribution >= 0.6 is 0 Å². The third kappa shape index (κ3) is 3.58. The zero-order valence-corrected chi connectivity index (χ0v) is 11.0. The van der Waals surface area contributed by atoms with E-state index in [1.807, 2.05) is 18.2 Å². The highest BCUT2D eigenvalue weighted by Gasteiger charge is 2.19. The van der Waals surface area contributed by atoms with Gasteiger partial charge < -0.3 is 10.1 Å². The molecule has 2 aromatic carbocycles. The number of nitrogens with one attached hydrogen (secondary N) is 1. The molecule has 1 aliphatic carbocycles. The molecule has 0 aromatic heterocycles. The topological polar surface area (TPSA) is 21.3 Å². The van der Waals surface area contributed by atoms with Gasteiger partial charge in [0.15, 0.2) is 0 Å². The second-order valence-electron chi connectivity index (χ2n) is 4.97. The summed E-state index contributed by atoms with van der Waals surface area (Å²) in [5.74, 6) is 0.942. The van der Waals surface area contributed by atoms with Crippen LogP contribution in [0.3, 0.4) is 0 Å². The Kier molecular flexibility index (Phi) is 3.80. The Morgan fingerprint density at radius 2 is 1.58 bits per heavy atom. The van der Waals surface area contributed by atoms with Crippen LogP contribution in [0.4, 0.5) is 0 Å². The lowest BCUT2D eigenvalue weighted by atomic mass is 10.1. The summed E-state index contributed by atoms with van der Waals surface area (Å²) in [4.78, 5) is 0. The average Bonchev–Trinajstić information content (AvgIpc) is 3.29. The lowest BCUT2D eigenvalue weighted by Crippen LogP contribution is -2.22. The van der Waals surface area contributed by atoms with E-state index < -0.39 is 0 Å². The molecule has 98 valence electrons. The molecular formula is C17H19NO. The molecule has 0 amide bonds. The SMILES string of the molecule is c1ccc(-c2ccc(OCCNC3CC3)cc2)cc1. The minimum Gasteiger partial charge on any atom is -0.492 e. The Labute approximate surface area is 114 Å². The molecule has 1 fully saturated rings. The fraction of sp³-hybridized carbons (Fsp3) is 0.294. The van der Waals surface area contributed by atoms with E-state index in [0.29, 0.717) is 0 Å². The third-order valence-corrected chi connectivity index (χ3v) is 3.34. The van der Waals surface area contributed by atoms with E-state index >= 15 is 0 Å². The van der Waals surface area contributed by atoms with Gasteiger partial charge in [-0.3, -0.25) is 0 Å². The van der Waals surface area contributed by atoms with E-state index in [1.54, 1.807) is 0 Å². The van der Waals surface area contributed by atoms with Crippen LogP contribution < -0.4 is 10.1 Å². The second-order valence-corrected chi connectivity index (χ2v) is 4.97. The van der Waals surface area contributed by atoms with Crippen LogP contribution in [-0.4, -0.2) is 19.2 Å². The van der Waals surface area contributed by atoms with Gasteiger partial charge in [-0.1, -0.05) is 42.5 Å². The van der Waals surface area contributed by atoms with Crippen molar-refractivity contribution in [3.8, 4) is 16.9 Å². The summed E-state index contributed by atoms with van der Waals surface area (Å²) in [5.41, 5.74) is 2.47. The molecule has 0 bridgehead atoms. The summed E-state index contributed by atoms with van der Waals surface area (Å²) in [6.07, 6.45) is 2.65. The molecule has 2 nitrogen and oxygen atoms in total. The van der Waals surface area contributed by atoms with Crippen LogP contribution in [0.25, 0.3) is 11.1 Å². The van der Waals surface area contributed by atoms with Crippen molar-refractivity contribution in [2.75, 3.05) is 13.2 Å². The summed E-state index contributed by atoms with van der Waals surface area (Å²) >= 11 is 0. The van der Waals surface area contributed by atoms with E-state index in [1.165, 1.54) is 24.0 Å². The van der Waals surface area contributed by atoms with Crippen molar-refractivity contribution in [2.24, 2.45) is 0 Å². The van der Waals surface area contributed by atoms with Gasteiger partial charge in [-0.25, -0.2) is 0 Å². The standard InChI is InChI=1S/C17H19NO/c1-2-4-14(5-3-1)15-6-10-17(11-7-15)19-13-12-18-16-8-9-16/h1-7,10-11,16,18H,8-9,12-13H2. The van der Waals surface area contributed by atoms with Crippen LogP contribution in [0.5, 0.6) is 5.75 Å². The van der Waals surface area contributed by atoms with Gasteiger partial charge in [0.05, 0.1) is 0 Å². The van der Waals surface area contributed by atoms with Gasteiger partial charge in [0.2, 0.25) is 0 Å². The van der Waals surface area contributed by atoms with Gasteiger partial charge in [0, 0.05) is 12.6 Å². The lowest BCUT2D eigenvalue weighted by molar-refractivity contribution is 0.313. The highest BCUT2D eigenvalue weighted by molar-refractivity contribution is 5.63. The minimum absolute atomic E-state index is 0.737. The van der Waals surface area contributed by atoms with E-state index in [4.69, 9.17) is 4.74 Å². The average molecular weight is 253 g/mol. The highest BCUT2D eigenvalue weighted by Crippen LogP contribution is 2.22. The monoisotopic (exact) mass is 253 g/mol. The molecule has 0 atom stereocenters. The Balaban J connectivity index is 1.53. The van der Waals surface area contributed by atoms with Crippen molar-refractivity contribution in [1.82, 2.24) is 5.32 Å². The minimum atomic E-state index is 0.737. The molecule has 0 heterocycles. The molecule has 3 rings (SSSR count). The molecule has 2 heteroatoms. The molecule has 1 saturated carbocycles. The number of rotatable bonds is 6. The van der Waals surface area contributed by atoms with Crippen molar-refractivity contribution in [1.29, 1.82) is 0 Å². The Morgan fingerprint density at radius 1 is 0.895 bits per heavy atom. The molecule has 19 heavy (non-hydrogen) atoms. The molecular weight excluding hydrogens is 234 g/mol. The third-order valence-electron chi connectivity index (χ3n) is 3.34. The van der Waals surface area contributed by atoms with E-state index in [2.05, 4.69) is 41.7 Å². The Bertz CT molecular complexity index is 503. The number of hydrogen-bond acceptors (Lipinski definition) is 2.